The molecule has 0 unspecified atom stereocenters. The van der Waals surface area contributed by atoms with E-state index in [0.717, 1.165) is 0 Å². The summed E-state index contributed by atoms with van der Waals surface area (Å²) in [5.41, 5.74) is 1.85. The Morgan fingerprint density at radius 1 is 1.07 bits per heavy atom. The molecule has 0 atom stereocenters. The average molecular weight is 450 g/mol. The molecule has 158 valence electrons. The van der Waals surface area contributed by atoms with Gasteiger partial charge in [0.2, 0.25) is 5.91 Å². The summed E-state index contributed by atoms with van der Waals surface area (Å²) >= 11 is 11.9. The third-order valence-electron chi connectivity index (χ3n) is 5.68. The van der Waals surface area contributed by atoms with Crippen LogP contribution in [-0.2, 0) is 17.8 Å². The Kier molecular flexibility index (Phi) is 5.44. The van der Waals surface area contributed by atoms with Gasteiger partial charge in [-0.25, -0.2) is 0 Å². The molecule has 2 aromatic carbocycles. The van der Waals surface area contributed by atoms with Gasteiger partial charge in [-0.15, -0.1) is 0 Å². The predicted octanol–water partition coefficient (Wildman–Crippen LogP) is 3.61. The maximum absolute atomic E-state index is 11.6. The molecule has 1 saturated heterocycles. The summed E-state index contributed by atoms with van der Waals surface area (Å²) in [7, 11) is 0. The van der Waals surface area contributed by atoms with Crippen LogP contribution >= 0.6 is 23.2 Å². The lowest BCUT2D eigenvalue weighted by molar-refractivity contribution is -0.133. The number of nitrogens with one attached hydrogen (secondary N) is 1. The van der Waals surface area contributed by atoms with E-state index in [-0.39, 0.29) is 50.6 Å². The van der Waals surface area contributed by atoms with E-state index in [1.807, 2.05) is 0 Å². The lowest BCUT2D eigenvalue weighted by Crippen LogP contribution is -2.61. The van der Waals surface area contributed by atoms with Crippen molar-refractivity contribution in [1.29, 1.82) is 0 Å². The molecule has 0 spiro atoms. The van der Waals surface area contributed by atoms with E-state index in [1.54, 1.807) is 4.90 Å². The topological polar surface area (TPSA) is 96.3 Å². The third kappa shape index (κ3) is 3.64. The van der Waals surface area contributed by atoms with Crippen LogP contribution in [0.3, 0.4) is 0 Å². The normalized spacial score (nSPS) is 16.7. The molecule has 0 radical (unpaired) electrons. The van der Waals surface area contributed by atoms with Gasteiger partial charge in [0.25, 0.3) is 0 Å². The fourth-order valence-electron chi connectivity index (χ4n) is 3.92. The van der Waals surface area contributed by atoms with Gasteiger partial charge in [0.05, 0.1) is 21.4 Å². The van der Waals surface area contributed by atoms with E-state index in [2.05, 4.69) is 16.8 Å². The summed E-state index contributed by atoms with van der Waals surface area (Å²) in [6.07, 6.45) is 1.86. The first-order chi connectivity index (χ1) is 14.3. The van der Waals surface area contributed by atoms with Gasteiger partial charge in [-0.2, -0.15) is 0 Å². The number of fused-ring (bicyclic) bond motifs is 1. The Labute approximate surface area is 183 Å². The summed E-state index contributed by atoms with van der Waals surface area (Å²) in [5, 5.41) is 34.9. The highest BCUT2D eigenvalue weighted by molar-refractivity contribution is 6.42. The number of anilines is 2. The first-order valence-corrected chi connectivity index (χ1v) is 10.2. The average Bonchev–Trinajstić information content (AvgIpc) is 2.68. The number of carbonyl (C=O) groups is 1. The quantitative estimate of drug-likeness (QED) is 0.323. The van der Waals surface area contributed by atoms with Crippen LogP contribution in [0, 0.1) is 0 Å². The number of halogens is 2. The largest absolute Gasteiger partial charge is 0.508 e. The number of rotatable bonds is 4. The minimum atomic E-state index is -0.129. The Balaban J connectivity index is 1.54. The zero-order valence-corrected chi connectivity index (χ0v) is 17.5. The molecule has 9 heteroatoms. The van der Waals surface area contributed by atoms with Crippen molar-refractivity contribution < 1.29 is 20.1 Å². The SMILES string of the molecule is C=CC(=O)N1CC(N2CCc3c(O)c(Nc4cc(Cl)c(Cl)cc4O)cc(O)c3C2)C1. The van der Waals surface area contributed by atoms with Crippen LogP contribution in [0.1, 0.15) is 11.1 Å². The van der Waals surface area contributed by atoms with Crippen molar-refractivity contribution in [3.8, 4) is 17.2 Å². The number of nitrogens with zero attached hydrogens (tertiary/aromatic N) is 2. The smallest absolute Gasteiger partial charge is 0.246 e. The number of hydrogen-bond donors (Lipinski definition) is 4. The monoisotopic (exact) mass is 449 g/mol. The second-order valence-electron chi connectivity index (χ2n) is 7.48. The molecule has 1 fully saturated rings. The molecule has 4 N–H and O–H groups in total. The van der Waals surface area contributed by atoms with Crippen LogP contribution in [0.4, 0.5) is 11.4 Å². The Hall–Kier alpha value is -2.61. The van der Waals surface area contributed by atoms with Crippen LogP contribution in [0.5, 0.6) is 17.2 Å². The van der Waals surface area contributed by atoms with E-state index < -0.39 is 0 Å². The molecule has 0 saturated carbocycles. The van der Waals surface area contributed by atoms with E-state index in [0.29, 0.717) is 43.7 Å². The first-order valence-electron chi connectivity index (χ1n) is 9.45. The van der Waals surface area contributed by atoms with Crippen molar-refractivity contribution in [2.75, 3.05) is 25.0 Å². The number of amides is 1. The van der Waals surface area contributed by atoms with E-state index in [1.165, 1.54) is 24.3 Å². The van der Waals surface area contributed by atoms with Gasteiger partial charge in [0.15, 0.2) is 0 Å². The van der Waals surface area contributed by atoms with Crippen LogP contribution in [-0.4, -0.2) is 56.7 Å². The zero-order valence-electron chi connectivity index (χ0n) is 16.0. The molecule has 2 aromatic rings. The lowest BCUT2D eigenvalue weighted by atomic mass is 9.94. The Bertz CT molecular complexity index is 1040. The van der Waals surface area contributed by atoms with E-state index in [4.69, 9.17) is 23.2 Å². The van der Waals surface area contributed by atoms with Crippen molar-refractivity contribution in [2.24, 2.45) is 0 Å². The van der Waals surface area contributed by atoms with Crippen molar-refractivity contribution in [1.82, 2.24) is 9.80 Å². The third-order valence-corrected chi connectivity index (χ3v) is 6.40. The summed E-state index contributed by atoms with van der Waals surface area (Å²) in [5.74, 6) is -0.140. The molecule has 1 amide bonds. The Morgan fingerprint density at radius 2 is 1.77 bits per heavy atom. The lowest BCUT2D eigenvalue weighted by Gasteiger charge is -2.46. The van der Waals surface area contributed by atoms with Crippen LogP contribution in [0.25, 0.3) is 0 Å². The number of carbonyl (C=O) groups excluding carboxylic acids is 1. The summed E-state index contributed by atoms with van der Waals surface area (Å²) in [6.45, 7) is 5.94. The van der Waals surface area contributed by atoms with Gasteiger partial charge < -0.3 is 25.5 Å². The second-order valence-corrected chi connectivity index (χ2v) is 8.29. The van der Waals surface area contributed by atoms with Gasteiger partial charge in [-0.05, 0) is 18.6 Å². The molecule has 2 heterocycles. The fraction of sp³-hybridized carbons (Fsp3) is 0.286. The van der Waals surface area contributed by atoms with Crippen LogP contribution in [0.2, 0.25) is 10.0 Å². The molecule has 0 bridgehead atoms. The van der Waals surface area contributed by atoms with Crippen LogP contribution in [0.15, 0.2) is 30.9 Å². The molecule has 2 aliphatic rings. The highest BCUT2D eigenvalue weighted by atomic mass is 35.5. The highest BCUT2D eigenvalue weighted by Gasteiger charge is 2.36. The highest BCUT2D eigenvalue weighted by Crippen LogP contribution is 2.43. The molecule has 2 aliphatic heterocycles. The van der Waals surface area contributed by atoms with Gasteiger partial charge >= 0.3 is 0 Å². The second kappa shape index (κ2) is 7.91. The standard InChI is InChI=1S/C21H21Cl2N3O4/c1-2-20(29)26-8-11(9-26)25-4-3-12-13(10-25)18(27)7-17(21(12)30)24-16-5-14(22)15(23)6-19(16)28/h2,5-7,11,24,27-28,30H,1,3-4,8-10H2. The number of hydrogen-bond acceptors (Lipinski definition) is 6. The minimum Gasteiger partial charge on any atom is -0.508 e. The maximum atomic E-state index is 11.6. The molecule has 30 heavy (non-hydrogen) atoms. The predicted molar refractivity (Wildman–Crippen MR) is 116 cm³/mol. The van der Waals surface area contributed by atoms with E-state index >= 15 is 0 Å². The molecule has 0 aromatic heterocycles. The summed E-state index contributed by atoms with van der Waals surface area (Å²) in [6, 6.07) is 4.39. The Morgan fingerprint density at radius 3 is 2.47 bits per heavy atom. The van der Waals surface area contributed by atoms with Gasteiger partial charge in [0, 0.05) is 55.5 Å². The van der Waals surface area contributed by atoms with Gasteiger partial charge in [0.1, 0.15) is 17.2 Å². The number of aromatic hydroxyl groups is 3. The van der Waals surface area contributed by atoms with Gasteiger partial charge in [-0.1, -0.05) is 29.8 Å². The summed E-state index contributed by atoms with van der Waals surface area (Å²) in [4.78, 5) is 15.6. The van der Waals surface area contributed by atoms with Crippen molar-refractivity contribution in [2.45, 2.75) is 19.0 Å². The molecule has 4 rings (SSSR count). The molecular formula is C21H21Cl2N3O4. The van der Waals surface area contributed by atoms with Crippen molar-refractivity contribution in [3.05, 3.63) is 52.0 Å². The first kappa shape index (κ1) is 20.7. The summed E-state index contributed by atoms with van der Waals surface area (Å²) < 4.78 is 0. The van der Waals surface area contributed by atoms with Crippen molar-refractivity contribution >= 4 is 40.5 Å². The molecule has 7 nitrogen and oxygen atoms in total. The molecule has 0 aliphatic carbocycles. The number of likely N-dealkylation sites (tertiary alicyclic amines) is 1. The molecular weight excluding hydrogens is 429 g/mol. The van der Waals surface area contributed by atoms with Crippen molar-refractivity contribution in [3.63, 3.8) is 0 Å². The van der Waals surface area contributed by atoms with Gasteiger partial charge in [-0.3, -0.25) is 9.69 Å². The number of benzene rings is 2. The fourth-order valence-corrected chi connectivity index (χ4v) is 4.24. The zero-order chi connectivity index (χ0) is 21.6. The van der Waals surface area contributed by atoms with Crippen LogP contribution < -0.4 is 5.32 Å². The number of phenolic OH excluding ortho intramolecular Hbond substituents is 3. The van der Waals surface area contributed by atoms with E-state index in [9.17, 15) is 20.1 Å². The minimum absolute atomic E-state index is 0.0185. The number of phenols is 3. The maximum Gasteiger partial charge on any atom is 0.246 e.